The average molecular weight is 315 g/mol. The minimum Gasteiger partial charge on any atom is -0.323 e. The third-order valence-corrected chi connectivity index (χ3v) is 4.83. The Morgan fingerprint density at radius 2 is 2.04 bits per heavy atom. The van der Waals surface area contributed by atoms with Crippen molar-refractivity contribution < 1.29 is 9.59 Å². The molecule has 2 fully saturated rings. The SMILES string of the molecule is C[C@@H]1CCCCN1CC(=O)Nc1ccccc1N1CCCC1=O. The zero-order valence-electron chi connectivity index (χ0n) is 13.8. The van der Waals surface area contributed by atoms with Crippen LogP contribution < -0.4 is 10.2 Å². The fourth-order valence-electron chi connectivity index (χ4n) is 3.48. The number of nitrogens with one attached hydrogen (secondary N) is 1. The van der Waals surface area contributed by atoms with Crippen LogP contribution >= 0.6 is 0 Å². The third kappa shape index (κ3) is 3.72. The topological polar surface area (TPSA) is 52.7 Å². The zero-order valence-corrected chi connectivity index (χ0v) is 13.8. The van der Waals surface area contributed by atoms with Crippen molar-refractivity contribution in [1.82, 2.24) is 4.90 Å². The van der Waals surface area contributed by atoms with E-state index < -0.39 is 0 Å². The van der Waals surface area contributed by atoms with E-state index in [1.165, 1.54) is 6.42 Å². The van der Waals surface area contributed by atoms with E-state index in [4.69, 9.17) is 0 Å². The van der Waals surface area contributed by atoms with Gasteiger partial charge < -0.3 is 10.2 Å². The Bertz CT molecular complexity index is 587. The highest BCUT2D eigenvalue weighted by atomic mass is 16.2. The Kier molecular flexibility index (Phi) is 4.96. The second kappa shape index (κ2) is 7.13. The minimum absolute atomic E-state index is 0.00199. The predicted molar refractivity (Wildman–Crippen MR) is 91.5 cm³/mol. The second-order valence-corrected chi connectivity index (χ2v) is 6.53. The van der Waals surface area contributed by atoms with E-state index in [1.807, 2.05) is 24.3 Å². The average Bonchev–Trinajstić information content (AvgIpc) is 2.96. The van der Waals surface area contributed by atoms with E-state index in [2.05, 4.69) is 17.1 Å². The molecule has 1 atom stereocenters. The molecule has 1 aromatic rings. The number of rotatable bonds is 4. The maximum absolute atomic E-state index is 12.4. The first-order valence-corrected chi connectivity index (χ1v) is 8.58. The molecule has 0 radical (unpaired) electrons. The summed E-state index contributed by atoms with van der Waals surface area (Å²) in [5.41, 5.74) is 1.55. The van der Waals surface area contributed by atoms with Crippen molar-refractivity contribution in [2.45, 2.75) is 45.1 Å². The van der Waals surface area contributed by atoms with Crippen LogP contribution in [-0.4, -0.2) is 42.4 Å². The number of carbonyl (C=O) groups is 2. The van der Waals surface area contributed by atoms with E-state index in [-0.39, 0.29) is 11.8 Å². The summed E-state index contributed by atoms with van der Waals surface area (Å²) in [6, 6.07) is 8.04. The molecule has 2 aliphatic heterocycles. The van der Waals surface area contributed by atoms with Gasteiger partial charge in [0, 0.05) is 19.0 Å². The summed E-state index contributed by atoms with van der Waals surface area (Å²) in [7, 11) is 0. The fourth-order valence-corrected chi connectivity index (χ4v) is 3.48. The van der Waals surface area contributed by atoms with Crippen molar-refractivity contribution in [2.75, 3.05) is 29.9 Å². The van der Waals surface area contributed by atoms with Crippen molar-refractivity contribution in [3.05, 3.63) is 24.3 Å². The lowest BCUT2D eigenvalue weighted by Crippen LogP contribution is -2.42. The van der Waals surface area contributed by atoms with E-state index >= 15 is 0 Å². The highest BCUT2D eigenvalue weighted by molar-refractivity contribution is 6.02. The molecule has 0 aliphatic carbocycles. The van der Waals surface area contributed by atoms with Crippen LogP contribution in [0, 0.1) is 0 Å². The molecule has 0 spiro atoms. The highest BCUT2D eigenvalue weighted by Gasteiger charge is 2.25. The lowest BCUT2D eigenvalue weighted by Gasteiger charge is -2.32. The fraction of sp³-hybridized carbons (Fsp3) is 0.556. The molecule has 3 rings (SSSR count). The Hall–Kier alpha value is -1.88. The van der Waals surface area contributed by atoms with Crippen molar-refractivity contribution in [3.8, 4) is 0 Å². The Labute approximate surface area is 137 Å². The van der Waals surface area contributed by atoms with E-state index in [0.717, 1.165) is 43.7 Å². The van der Waals surface area contributed by atoms with Crippen molar-refractivity contribution in [3.63, 3.8) is 0 Å². The minimum atomic E-state index is -0.00199. The van der Waals surface area contributed by atoms with Gasteiger partial charge in [-0.3, -0.25) is 14.5 Å². The first-order chi connectivity index (χ1) is 11.1. The number of para-hydroxylation sites is 2. The molecule has 0 saturated carbocycles. The molecule has 2 amide bonds. The van der Waals surface area contributed by atoms with Gasteiger partial charge in [0.1, 0.15) is 0 Å². The van der Waals surface area contributed by atoms with Crippen molar-refractivity contribution in [1.29, 1.82) is 0 Å². The van der Waals surface area contributed by atoms with Gasteiger partial charge in [0.05, 0.1) is 17.9 Å². The Morgan fingerprint density at radius 1 is 1.22 bits per heavy atom. The summed E-state index contributed by atoms with van der Waals surface area (Å²) in [4.78, 5) is 28.4. The monoisotopic (exact) mass is 315 g/mol. The van der Waals surface area contributed by atoms with Crippen LogP contribution in [0.1, 0.15) is 39.0 Å². The molecule has 2 saturated heterocycles. The van der Waals surface area contributed by atoms with Crippen LogP contribution in [0.25, 0.3) is 0 Å². The third-order valence-electron chi connectivity index (χ3n) is 4.83. The van der Waals surface area contributed by atoms with Gasteiger partial charge in [0.25, 0.3) is 0 Å². The number of hydrogen-bond acceptors (Lipinski definition) is 3. The summed E-state index contributed by atoms with van der Waals surface area (Å²) in [5, 5.41) is 3.00. The van der Waals surface area contributed by atoms with Crippen molar-refractivity contribution in [2.24, 2.45) is 0 Å². The molecule has 23 heavy (non-hydrogen) atoms. The number of nitrogens with zero attached hydrogens (tertiary/aromatic N) is 2. The van der Waals surface area contributed by atoms with Gasteiger partial charge in [-0.15, -0.1) is 0 Å². The Balaban J connectivity index is 1.67. The van der Waals surface area contributed by atoms with Gasteiger partial charge in [-0.05, 0) is 44.9 Å². The Morgan fingerprint density at radius 3 is 2.78 bits per heavy atom. The molecule has 124 valence electrons. The van der Waals surface area contributed by atoms with Gasteiger partial charge in [-0.25, -0.2) is 0 Å². The summed E-state index contributed by atoms with van der Waals surface area (Å²) < 4.78 is 0. The molecule has 0 aromatic heterocycles. The molecule has 2 aliphatic rings. The molecular weight excluding hydrogens is 290 g/mol. The number of piperidine rings is 1. The second-order valence-electron chi connectivity index (χ2n) is 6.53. The first-order valence-electron chi connectivity index (χ1n) is 8.58. The molecule has 0 unspecified atom stereocenters. The van der Waals surface area contributed by atoms with E-state index in [9.17, 15) is 9.59 Å². The van der Waals surface area contributed by atoms with Crippen LogP contribution in [0.5, 0.6) is 0 Å². The van der Waals surface area contributed by atoms with Crippen LogP contribution in [0.3, 0.4) is 0 Å². The molecule has 2 heterocycles. The number of amides is 2. The molecule has 5 nitrogen and oxygen atoms in total. The van der Waals surface area contributed by atoms with Crippen LogP contribution in [-0.2, 0) is 9.59 Å². The lowest BCUT2D eigenvalue weighted by atomic mass is 10.0. The number of hydrogen-bond donors (Lipinski definition) is 1. The maximum Gasteiger partial charge on any atom is 0.238 e. The number of likely N-dealkylation sites (tertiary alicyclic amines) is 1. The molecule has 5 heteroatoms. The highest BCUT2D eigenvalue weighted by Crippen LogP contribution is 2.29. The van der Waals surface area contributed by atoms with E-state index in [0.29, 0.717) is 19.0 Å². The number of anilines is 2. The number of benzene rings is 1. The zero-order chi connectivity index (χ0) is 16.2. The van der Waals surface area contributed by atoms with Gasteiger partial charge in [0.15, 0.2) is 0 Å². The smallest absolute Gasteiger partial charge is 0.238 e. The largest absolute Gasteiger partial charge is 0.323 e. The van der Waals surface area contributed by atoms with Gasteiger partial charge in [0.2, 0.25) is 11.8 Å². The molecular formula is C18H25N3O2. The van der Waals surface area contributed by atoms with E-state index in [1.54, 1.807) is 4.90 Å². The summed E-state index contributed by atoms with van der Waals surface area (Å²) in [6.07, 6.45) is 5.04. The standard InChI is InChI=1S/C18H25N3O2/c1-14-7-4-5-11-20(14)13-17(22)19-15-8-2-3-9-16(15)21-12-6-10-18(21)23/h2-3,8-9,14H,4-7,10-13H2,1H3,(H,19,22)/t14-/m1/s1. The van der Waals surface area contributed by atoms with Crippen LogP contribution in [0.15, 0.2) is 24.3 Å². The summed E-state index contributed by atoms with van der Waals surface area (Å²) >= 11 is 0. The summed E-state index contributed by atoms with van der Waals surface area (Å²) in [6.45, 7) is 4.32. The summed E-state index contributed by atoms with van der Waals surface area (Å²) in [5.74, 6) is 0.134. The predicted octanol–water partition coefficient (Wildman–Crippen LogP) is 2.63. The van der Waals surface area contributed by atoms with Crippen LogP contribution in [0.4, 0.5) is 11.4 Å². The van der Waals surface area contributed by atoms with Gasteiger partial charge >= 0.3 is 0 Å². The first kappa shape index (κ1) is 16.0. The van der Waals surface area contributed by atoms with Crippen LogP contribution in [0.2, 0.25) is 0 Å². The lowest BCUT2D eigenvalue weighted by molar-refractivity contribution is -0.118. The molecule has 1 N–H and O–H groups in total. The maximum atomic E-state index is 12.4. The van der Waals surface area contributed by atoms with Gasteiger partial charge in [-0.2, -0.15) is 0 Å². The number of carbonyl (C=O) groups excluding carboxylic acids is 2. The molecule has 1 aromatic carbocycles. The normalized spacial score (nSPS) is 22.4. The van der Waals surface area contributed by atoms with Gasteiger partial charge in [-0.1, -0.05) is 18.6 Å². The van der Waals surface area contributed by atoms with Crippen molar-refractivity contribution >= 4 is 23.2 Å². The molecule has 0 bridgehead atoms. The quantitative estimate of drug-likeness (QED) is 0.929.